The Balaban J connectivity index is 1.60. The van der Waals surface area contributed by atoms with Crippen molar-refractivity contribution in [2.45, 2.75) is 25.2 Å². The van der Waals surface area contributed by atoms with Crippen LogP contribution < -0.4 is 15.0 Å². The van der Waals surface area contributed by atoms with Crippen LogP contribution in [0.1, 0.15) is 16.9 Å². The number of alkyl halides is 3. The van der Waals surface area contributed by atoms with E-state index < -0.39 is 29.6 Å². The van der Waals surface area contributed by atoms with Gasteiger partial charge in [0.1, 0.15) is 11.8 Å². The molecule has 1 saturated heterocycles. The summed E-state index contributed by atoms with van der Waals surface area (Å²) >= 11 is 6.98. The molecule has 2 amide bonds. The summed E-state index contributed by atoms with van der Waals surface area (Å²) in [6.07, 6.45) is -4.81. The summed E-state index contributed by atoms with van der Waals surface area (Å²) in [5.41, 5.74) is -0.372. The minimum Gasteiger partial charge on any atom is -0.497 e. The van der Waals surface area contributed by atoms with Crippen molar-refractivity contribution in [1.82, 2.24) is 4.90 Å². The molecule has 4 rings (SSSR count). The fraction of sp³-hybridized carbons (Fsp3) is 0.208. The van der Waals surface area contributed by atoms with Crippen molar-refractivity contribution in [2.75, 3.05) is 17.3 Å². The van der Waals surface area contributed by atoms with Crippen molar-refractivity contribution in [3.63, 3.8) is 0 Å². The molecular formula is C24H20F3N3O3S2. The third-order valence-electron chi connectivity index (χ3n) is 5.41. The highest BCUT2D eigenvalue weighted by molar-refractivity contribution is 7.80. The molecular weight excluding hydrogens is 499 g/mol. The minimum absolute atomic E-state index is 0.00377. The van der Waals surface area contributed by atoms with E-state index in [1.165, 1.54) is 30.6 Å². The molecule has 0 unspecified atom stereocenters. The zero-order valence-corrected chi connectivity index (χ0v) is 20.0. The van der Waals surface area contributed by atoms with E-state index in [2.05, 4.69) is 5.32 Å². The van der Waals surface area contributed by atoms with Crippen LogP contribution in [0.4, 0.5) is 24.5 Å². The second-order valence-corrected chi connectivity index (χ2v) is 9.11. The number of hydrogen-bond acceptors (Lipinski definition) is 5. The lowest BCUT2D eigenvalue weighted by Gasteiger charge is -2.23. The van der Waals surface area contributed by atoms with E-state index in [0.717, 1.165) is 21.9 Å². The molecule has 0 radical (unpaired) electrons. The molecule has 1 fully saturated rings. The van der Waals surface area contributed by atoms with Gasteiger partial charge in [0, 0.05) is 10.6 Å². The number of amides is 2. The number of rotatable bonds is 7. The highest BCUT2D eigenvalue weighted by Gasteiger charge is 2.44. The summed E-state index contributed by atoms with van der Waals surface area (Å²) in [4.78, 5) is 29.8. The van der Waals surface area contributed by atoms with Gasteiger partial charge in [-0.15, -0.1) is 11.3 Å². The van der Waals surface area contributed by atoms with Gasteiger partial charge in [-0.25, -0.2) is 0 Å². The van der Waals surface area contributed by atoms with Gasteiger partial charge in [0.25, 0.3) is 5.91 Å². The van der Waals surface area contributed by atoms with Crippen LogP contribution in [0.3, 0.4) is 0 Å². The van der Waals surface area contributed by atoms with Crippen LogP contribution in [0.25, 0.3) is 0 Å². The summed E-state index contributed by atoms with van der Waals surface area (Å²) < 4.78 is 44.9. The smallest absolute Gasteiger partial charge is 0.416 e. The number of benzene rings is 2. The number of carbonyl (C=O) groups excluding carboxylic acids is 2. The number of nitrogens with one attached hydrogen (secondary N) is 1. The summed E-state index contributed by atoms with van der Waals surface area (Å²) in [7, 11) is 1.53. The standard InChI is InChI=1S/C24H20F3N3O3S2/c1-33-18-9-7-16(8-10-18)28-21(31)13-20-22(32)30(17-5-2-4-15(12-17)24(25,26)27)23(34)29(20)14-19-6-3-11-35-19/h2-12,20H,13-14H2,1H3,(H,28,31)/t20-/m1/s1. The van der Waals surface area contributed by atoms with Gasteiger partial charge < -0.3 is 15.0 Å². The topological polar surface area (TPSA) is 61.9 Å². The fourth-order valence-electron chi connectivity index (χ4n) is 3.71. The maximum Gasteiger partial charge on any atom is 0.416 e. The van der Waals surface area contributed by atoms with Crippen LogP contribution in [0.5, 0.6) is 5.75 Å². The number of ether oxygens (including phenoxy) is 1. The van der Waals surface area contributed by atoms with Crippen LogP contribution in [-0.2, 0) is 22.3 Å². The summed E-state index contributed by atoms with van der Waals surface area (Å²) in [6, 6.07) is 13.8. The lowest BCUT2D eigenvalue weighted by atomic mass is 10.1. The predicted molar refractivity (Wildman–Crippen MR) is 131 cm³/mol. The molecule has 0 saturated carbocycles. The number of thiophene rings is 1. The van der Waals surface area contributed by atoms with Crippen LogP contribution >= 0.6 is 23.6 Å². The first kappa shape index (κ1) is 24.7. The van der Waals surface area contributed by atoms with Crippen LogP contribution in [0.15, 0.2) is 66.0 Å². The normalized spacial score (nSPS) is 16.1. The third-order valence-corrected chi connectivity index (χ3v) is 6.69. The zero-order valence-electron chi connectivity index (χ0n) is 18.4. The van der Waals surface area contributed by atoms with Crippen molar-refractivity contribution >= 4 is 51.9 Å². The second kappa shape index (κ2) is 10.0. The zero-order chi connectivity index (χ0) is 25.2. The molecule has 35 heavy (non-hydrogen) atoms. The predicted octanol–water partition coefficient (Wildman–Crippen LogP) is 5.31. The maximum absolute atomic E-state index is 13.4. The largest absolute Gasteiger partial charge is 0.497 e. The Bertz CT molecular complexity index is 1230. The Kier molecular flexibility index (Phi) is 7.08. The number of nitrogens with zero attached hydrogens (tertiary/aromatic N) is 2. The molecule has 1 aliphatic rings. The number of thiocarbonyl (C=S) groups is 1. The first-order valence-corrected chi connectivity index (χ1v) is 11.7. The Hall–Kier alpha value is -3.44. The molecule has 0 spiro atoms. The monoisotopic (exact) mass is 519 g/mol. The molecule has 1 aromatic heterocycles. The Morgan fingerprint density at radius 3 is 2.51 bits per heavy atom. The highest BCUT2D eigenvalue weighted by atomic mass is 32.1. The molecule has 182 valence electrons. The minimum atomic E-state index is -4.57. The van der Waals surface area contributed by atoms with Gasteiger partial charge in [-0.05, 0) is 66.1 Å². The van der Waals surface area contributed by atoms with Gasteiger partial charge in [0.05, 0.1) is 31.3 Å². The van der Waals surface area contributed by atoms with E-state index in [9.17, 15) is 22.8 Å². The van der Waals surface area contributed by atoms with Gasteiger partial charge in [-0.1, -0.05) is 12.1 Å². The molecule has 1 atom stereocenters. The molecule has 1 N–H and O–H groups in total. The molecule has 1 aliphatic heterocycles. The first-order valence-electron chi connectivity index (χ1n) is 10.5. The van der Waals surface area contributed by atoms with Crippen molar-refractivity contribution < 1.29 is 27.5 Å². The van der Waals surface area contributed by atoms with Crippen molar-refractivity contribution in [2.24, 2.45) is 0 Å². The Labute approximate surface area is 208 Å². The maximum atomic E-state index is 13.4. The number of anilines is 2. The van der Waals surface area contributed by atoms with Crippen molar-refractivity contribution in [3.8, 4) is 5.75 Å². The number of carbonyl (C=O) groups is 2. The van der Waals surface area contributed by atoms with Crippen molar-refractivity contribution in [3.05, 3.63) is 76.5 Å². The Morgan fingerprint density at radius 1 is 1.14 bits per heavy atom. The molecule has 3 aromatic rings. The highest BCUT2D eigenvalue weighted by Crippen LogP contribution is 2.35. The quantitative estimate of drug-likeness (QED) is 0.429. The molecule has 0 bridgehead atoms. The molecule has 2 heterocycles. The third kappa shape index (κ3) is 5.46. The molecule has 11 heteroatoms. The first-order chi connectivity index (χ1) is 16.7. The lowest BCUT2D eigenvalue weighted by molar-refractivity contribution is -0.137. The SMILES string of the molecule is COc1ccc(NC(=O)C[C@@H]2C(=O)N(c3cccc(C(F)(F)F)c3)C(=S)N2Cc2cccs2)cc1. The summed E-state index contributed by atoms with van der Waals surface area (Å²) in [5.74, 6) is -0.368. The van der Waals surface area contributed by atoms with Gasteiger partial charge in [-0.3, -0.25) is 14.5 Å². The van der Waals surface area contributed by atoms with E-state index >= 15 is 0 Å². The Morgan fingerprint density at radius 2 is 1.89 bits per heavy atom. The second-order valence-electron chi connectivity index (χ2n) is 7.71. The van der Waals surface area contributed by atoms with E-state index in [4.69, 9.17) is 17.0 Å². The summed E-state index contributed by atoms with van der Waals surface area (Å²) in [5, 5.41) is 4.65. The number of methoxy groups -OCH3 is 1. The summed E-state index contributed by atoms with van der Waals surface area (Å²) in [6.45, 7) is 0.248. The average Bonchev–Trinajstić information content (AvgIpc) is 3.42. The van der Waals surface area contributed by atoms with E-state index in [1.54, 1.807) is 29.2 Å². The number of hydrogen-bond donors (Lipinski definition) is 1. The molecule has 0 aliphatic carbocycles. The van der Waals surface area contributed by atoms with Gasteiger partial charge in [0.2, 0.25) is 5.91 Å². The van der Waals surface area contributed by atoms with Gasteiger partial charge in [-0.2, -0.15) is 13.2 Å². The van der Waals surface area contributed by atoms with Crippen LogP contribution in [-0.4, -0.2) is 35.0 Å². The van der Waals surface area contributed by atoms with E-state index in [-0.39, 0.29) is 23.8 Å². The van der Waals surface area contributed by atoms with Crippen LogP contribution in [0.2, 0.25) is 0 Å². The fourth-order valence-corrected chi connectivity index (χ4v) is 4.79. The van der Waals surface area contributed by atoms with Gasteiger partial charge >= 0.3 is 6.18 Å². The molecule has 6 nitrogen and oxygen atoms in total. The van der Waals surface area contributed by atoms with Gasteiger partial charge in [0.15, 0.2) is 5.11 Å². The van der Waals surface area contributed by atoms with Crippen LogP contribution in [0, 0.1) is 0 Å². The molecule has 2 aromatic carbocycles. The van der Waals surface area contributed by atoms with E-state index in [0.29, 0.717) is 11.4 Å². The number of halogens is 3. The lowest BCUT2D eigenvalue weighted by Crippen LogP contribution is -2.37. The van der Waals surface area contributed by atoms with Crippen molar-refractivity contribution in [1.29, 1.82) is 0 Å². The average molecular weight is 520 g/mol. The van der Waals surface area contributed by atoms with E-state index in [1.807, 2.05) is 17.5 Å².